The Labute approximate surface area is 167 Å². The summed E-state index contributed by atoms with van der Waals surface area (Å²) in [7, 11) is 0. The van der Waals surface area contributed by atoms with Crippen LogP contribution in [-0.4, -0.2) is 12.5 Å². The maximum absolute atomic E-state index is 12.6. The molecule has 0 spiro atoms. The van der Waals surface area contributed by atoms with Gasteiger partial charge in [-0.3, -0.25) is 4.79 Å². The number of amides is 1. The van der Waals surface area contributed by atoms with E-state index in [0.717, 1.165) is 31.6 Å². The Balaban J connectivity index is 1.35. The Hall–Kier alpha value is -2.91. The van der Waals surface area contributed by atoms with E-state index in [4.69, 9.17) is 0 Å². The highest BCUT2D eigenvalue weighted by Crippen LogP contribution is 2.14. The number of rotatable bonds is 5. The highest BCUT2D eigenvalue weighted by Gasteiger charge is 2.19. The van der Waals surface area contributed by atoms with E-state index in [2.05, 4.69) is 41.7 Å². The van der Waals surface area contributed by atoms with Crippen LogP contribution < -0.4 is 10.2 Å². The third-order valence-electron chi connectivity index (χ3n) is 5.62. The molecule has 2 N–H and O–H groups in total. The van der Waals surface area contributed by atoms with Crippen LogP contribution in [0, 0.1) is 0 Å². The molecule has 4 rings (SSSR count). The van der Waals surface area contributed by atoms with Gasteiger partial charge in [-0.25, -0.2) is 0 Å². The van der Waals surface area contributed by atoms with Crippen LogP contribution in [0.1, 0.15) is 45.6 Å². The minimum atomic E-state index is -0.0258. The first-order chi connectivity index (χ1) is 13.7. The Kier molecular flexibility index (Phi) is 5.54. The molecule has 0 aromatic heterocycles. The fourth-order valence-corrected chi connectivity index (χ4v) is 3.96. The zero-order valence-electron chi connectivity index (χ0n) is 16.3. The molecular weight excluding hydrogens is 344 g/mol. The fraction of sp³-hybridized carbons (Fsp3) is 0.240. The van der Waals surface area contributed by atoms with Crippen molar-refractivity contribution in [1.29, 1.82) is 0 Å². The lowest BCUT2D eigenvalue weighted by Crippen LogP contribution is -3.10. The molecule has 0 fully saturated rings. The summed E-state index contributed by atoms with van der Waals surface area (Å²) >= 11 is 0. The van der Waals surface area contributed by atoms with Crippen molar-refractivity contribution in [3.8, 4) is 0 Å². The average Bonchev–Trinajstić information content (AvgIpc) is 2.75. The first-order valence-electron chi connectivity index (χ1n) is 10.0. The van der Waals surface area contributed by atoms with Crippen LogP contribution in [0.2, 0.25) is 0 Å². The van der Waals surface area contributed by atoms with E-state index >= 15 is 0 Å². The smallest absolute Gasteiger partial charge is 0.251 e. The summed E-state index contributed by atoms with van der Waals surface area (Å²) in [6.45, 7) is 5.25. The number of hydrogen-bond donors (Lipinski definition) is 2. The maximum atomic E-state index is 12.6. The first kappa shape index (κ1) is 18.5. The second kappa shape index (κ2) is 8.41. The van der Waals surface area contributed by atoms with Gasteiger partial charge in [-0.05, 0) is 30.2 Å². The Morgan fingerprint density at radius 3 is 2.36 bits per heavy atom. The van der Waals surface area contributed by atoms with Crippen LogP contribution in [0.3, 0.4) is 0 Å². The molecule has 1 aliphatic rings. The summed E-state index contributed by atoms with van der Waals surface area (Å²) in [5.41, 5.74) is 6.06. The molecule has 1 amide bonds. The maximum Gasteiger partial charge on any atom is 0.251 e. The van der Waals surface area contributed by atoms with Crippen LogP contribution >= 0.6 is 0 Å². The first-order valence-corrected chi connectivity index (χ1v) is 10.0. The van der Waals surface area contributed by atoms with Gasteiger partial charge in [-0.1, -0.05) is 66.7 Å². The van der Waals surface area contributed by atoms with E-state index in [9.17, 15) is 4.79 Å². The van der Waals surface area contributed by atoms with Gasteiger partial charge >= 0.3 is 0 Å². The molecule has 0 aliphatic carbocycles. The van der Waals surface area contributed by atoms with Gasteiger partial charge < -0.3 is 10.2 Å². The number of carbonyl (C=O) groups is 1. The van der Waals surface area contributed by atoms with Crippen molar-refractivity contribution < 1.29 is 9.69 Å². The monoisotopic (exact) mass is 371 g/mol. The molecule has 0 saturated heterocycles. The number of benzene rings is 3. The van der Waals surface area contributed by atoms with Gasteiger partial charge in [-0.2, -0.15) is 0 Å². The summed E-state index contributed by atoms with van der Waals surface area (Å²) in [6.07, 6.45) is 1.14. The minimum Gasteiger partial charge on any atom is -0.346 e. The van der Waals surface area contributed by atoms with Gasteiger partial charge in [0.2, 0.25) is 0 Å². The van der Waals surface area contributed by atoms with Crippen molar-refractivity contribution >= 4 is 5.91 Å². The van der Waals surface area contributed by atoms with Crippen LogP contribution in [0.15, 0.2) is 78.9 Å². The zero-order chi connectivity index (χ0) is 19.3. The summed E-state index contributed by atoms with van der Waals surface area (Å²) in [5.74, 6) is -0.0258. The van der Waals surface area contributed by atoms with Crippen molar-refractivity contribution in [3.63, 3.8) is 0 Å². The SMILES string of the molecule is C[C@@H](NC(=O)c1ccc(C[NH+]2CCc3ccccc3C2)cc1)c1ccccc1. The molecule has 2 atom stereocenters. The van der Waals surface area contributed by atoms with Crippen LogP contribution in [-0.2, 0) is 19.5 Å². The van der Waals surface area contributed by atoms with E-state index in [1.165, 1.54) is 16.7 Å². The van der Waals surface area contributed by atoms with Gasteiger partial charge in [0.15, 0.2) is 0 Å². The largest absolute Gasteiger partial charge is 0.346 e. The second-order valence-corrected chi connectivity index (χ2v) is 7.68. The molecule has 0 bridgehead atoms. The lowest BCUT2D eigenvalue weighted by atomic mass is 9.99. The standard InChI is InChI=1S/C25H26N2O/c1-19(21-7-3-2-4-8-21)26-25(28)23-13-11-20(12-14-23)17-27-16-15-22-9-5-6-10-24(22)18-27/h2-14,19H,15-18H2,1H3,(H,26,28)/p+1/t19-/m1/s1. The lowest BCUT2D eigenvalue weighted by Gasteiger charge is -2.26. The number of quaternary nitrogens is 1. The molecule has 3 nitrogen and oxygen atoms in total. The summed E-state index contributed by atoms with van der Waals surface area (Å²) in [6, 6.07) is 26.9. The summed E-state index contributed by atoms with van der Waals surface area (Å²) in [4.78, 5) is 14.1. The van der Waals surface area contributed by atoms with Crippen molar-refractivity contribution in [1.82, 2.24) is 5.32 Å². The Bertz CT molecular complexity index is 934. The predicted molar refractivity (Wildman–Crippen MR) is 112 cm³/mol. The van der Waals surface area contributed by atoms with E-state index in [1.54, 1.807) is 4.90 Å². The topological polar surface area (TPSA) is 33.5 Å². The van der Waals surface area contributed by atoms with Crippen LogP contribution in [0.5, 0.6) is 0 Å². The predicted octanol–water partition coefficient (Wildman–Crippen LogP) is 3.32. The normalized spacial score (nSPS) is 16.8. The number of carbonyl (C=O) groups excluding carboxylic acids is 1. The van der Waals surface area contributed by atoms with Crippen molar-refractivity contribution in [3.05, 3.63) is 107 Å². The minimum absolute atomic E-state index is 0.00811. The molecule has 0 saturated carbocycles. The number of fused-ring (bicyclic) bond motifs is 1. The third-order valence-corrected chi connectivity index (χ3v) is 5.62. The molecule has 1 heterocycles. The van der Waals surface area contributed by atoms with E-state index in [-0.39, 0.29) is 11.9 Å². The van der Waals surface area contributed by atoms with E-state index in [0.29, 0.717) is 5.56 Å². The molecule has 3 aromatic carbocycles. The number of hydrogen-bond acceptors (Lipinski definition) is 1. The molecule has 28 heavy (non-hydrogen) atoms. The molecule has 142 valence electrons. The fourth-order valence-electron chi connectivity index (χ4n) is 3.96. The van der Waals surface area contributed by atoms with Crippen LogP contribution in [0.25, 0.3) is 0 Å². The van der Waals surface area contributed by atoms with Crippen LogP contribution in [0.4, 0.5) is 0 Å². The Morgan fingerprint density at radius 2 is 1.61 bits per heavy atom. The summed E-state index contributed by atoms with van der Waals surface area (Å²) < 4.78 is 0. The van der Waals surface area contributed by atoms with Crippen molar-refractivity contribution in [2.75, 3.05) is 6.54 Å². The van der Waals surface area contributed by atoms with Gasteiger partial charge in [0.25, 0.3) is 5.91 Å². The zero-order valence-corrected chi connectivity index (χ0v) is 16.3. The lowest BCUT2D eigenvalue weighted by molar-refractivity contribution is -0.929. The highest BCUT2D eigenvalue weighted by molar-refractivity contribution is 5.94. The van der Waals surface area contributed by atoms with E-state index < -0.39 is 0 Å². The molecule has 3 heteroatoms. The van der Waals surface area contributed by atoms with Gasteiger partial charge in [0.1, 0.15) is 13.1 Å². The Morgan fingerprint density at radius 1 is 0.929 bits per heavy atom. The quantitative estimate of drug-likeness (QED) is 0.709. The van der Waals surface area contributed by atoms with Gasteiger partial charge in [0, 0.05) is 23.1 Å². The summed E-state index contributed by atoms with van der Waals surface area (Å²) in [5, 5.41) is 3.08. The van der Waals surface area contributed by atoms with Gasteiger partial charge in [0.05, 0.1) is 12.6 Å². The molecular formula is C25H27N2O+. The molecule has 1 unspecified atom stereocenters. The molecule has 3 aromatic rings. The number of nitrogens with one attached hydrogen (secondary N) is 2. The van der Waals surface area contributed by atoms with Gasteiger partial charge in [-0.15, -0.1) is 0 Å². The second-order valence-electron chi connectivity index (χ2n) is 7.68. The van der Waals surface area contributed by atoms with Crippen molar-refractivity contribution in [2.24, 2.45) is 0 Å². The van der Waals surface area contributed by atoms with Crippen molar-refractivity contribution in [2.45, 2.75) is 32.5 Å². The average molecular weight is 372 g/mol. The molecule has 1 aliphatic heterocycles. The third kappa shape index (κ3) is 4.32. The molecule has 0 radical (unpaired) electrons. The highest BCUT2D eigenvalue weighted by atomic mass is 16.1. The van der Waals surface area contributed by atoms with E-state index in [1.807, 2.05) is 49.4 Å².